The summed E-state index contributed by atoms with van der Waals surface area (Å²) in [6, 6.07) is 0. The zero-order chi connectivity index (χ0) is 10.6. The lowest BCUT2D eigenvalue weighted by molar-refractivity contribution is 0.265. The van der Waals surface area contributed by atoms with E-state index in [1.807, 2.05) is 0 Å². The third kappa shape index (κ3) is 4.74. The summed E-state index contributed by atoms with van der Waals surface area (Å²) in [5.41, 5.74) is 0.405. The first kappa shape index (κ1) is 13.1. The van der Waals surface area contributed by atoms with Crippen LogP contribution in [0.15, 0.2) is 0 Å². The fraction of sp³-hybridized carbons (Fsp3) is 1.00. The highest BCUT2D eigenvalue weighted by molar-refractivity contribution is 6.11. The Morgan fingerprint density at radius 2 is 1.62 bits per heavy atom. The average Bonchev–Trinajstić information content (AvgIpc) is 2.02. The quantitative estimate of drug-likeness (QED) is 0.559. The summed E-state index contributed by atoms with van der Waals surface area (Å²) in [7, 11) is 6.18. The van der Waals surface area contributed by atoms with Crippen LogP contribution in [0.4, 0.5) is 0 Å². The Bertz CT molecular complexity index is 138. The molecule has 13 heavy (non-hydrogen) atoms. The maximum Gasteiger partial charge on any atom is 0.0703 e. The monoisotopic (exact) mass is 180 g/mol. The molecule has 0 aliphatic rings. The first-order valence-electron chi connectivity index (χ1n) is 5.55. The lowest BCUT2D eigenvalue weighted by atomic mass is 9.65. The molecular formula is C12H25B. The smallest absolute Gasteiger partial charge is 0.0703 e. The molecule has 0 aromatic carbocycles. The molecule has 0 aromatic heterocycles. The normalized spacial score (nSPS) is 17.5. The fourth-order valence-electron chi connectivity index (χ4n) is 1.46. The Kier molecular flexibility index (Phi) is 5.10. The van der Waals surface area contributed by atoms with E-state index < -0.39 is 0 Å². The molecule has 2 unspecified atom stereocenters. The van der Waals surface area contributed by atoms with Gasteiger partial charge in [0, 0.05) is 0 Å². The van der Waals surface area contributed by atoms with Crippen molar-refractivity contribution >= 4 is 7.85 Å². The van der Waals surface area contributed by atoms with Gasteiger partial charge in [0.2, 0.25) is 0 Å². The van der Waals surface area contributed by atoms with Crippen LogP contribution in [0.25, 0.3) is 0 Å². The fourth-order valence-corrected chi connectivity index (χ4v) is 1.46. The van der Waals surface area contributed by atoms with Crippen molar-refractivity contribution in [3.8, 4) is 0 Å². The van der Waals surface area contributed by atoms with Crippen LogP contribution in [0.2, 0.25) is 5.82 Å². The van der Waals surface area contributed by atoms with Crippen LogP contribution in [0.5, 0.6) is 0 Å². The molecule has 0 fully saturated rings. The van der Waals surface area contributed by atoms with E-state index in [1.54, 1.807) is 0 Å². The van der Waals surface area contributed by atoms with Gasteiger partial charge in [0.05, 0.1) is 7.85 Å². The summed E-state index contributed by atoms with van der Waals surface area (Å²) in [5, 5.41) is 0. The summed E-state index contributed by atoms with van der Waals surface area (Å²) in [4.78, 5) is 0. The highest BCUT2D eigenvalue weighted by Crippen LogP contribution is 2.36. The molecule has 0 nitrogen and oxygen atoms in total. The molecule has 0 N–H and O–H groups in total. The molecule has 0 aliphatic heterocycles. The average molecular weight is 180 g/mol. The second-order valence-corrected chi connectivity index (χ2v) is 5.49. The third-order valence-corrected chi connectivity index (χ3v) is 3.47. The van der Waals surface area contributed by atoms with Crippen molar-refractivity contribution in [1.82, 2.24) is 0 Å². The van der Waals surface area contributed by atoms with Crippen LogP contribution >= 0.6 is 0 Å². The molecule has 1 heteroatoms. The third-order valence-electron chi connectivity index (χ3n) is 3.47. The highest BCUT2D eigenvalue weighted by atomic mass is 14.3. The zero-order valence-corrected chi connectivity index (χ0v) is 10.2. The van der Waals surface area contributed by atoms with Crippen LogP contribution in [-0.2, 0) is 0 Å². The van der Waals surface area contributed by atoms with Crippen molar-refractivity contribution in [1.29, 1.82) is 0 Å². The summed E-state index contributed by atoms with van der Waals surface area (Å²) < 4.78 is 0. The maximum absolute atomic E-state index is 6.18. The Morgan fingerprint density at radius 1 is 1.15 bits per heavy atom. The number of hydrogen-bond acceptors (Lipinski definition) is 0. The van der Waals surface area contributed by atoms with Gasteiger partial charge in [-0.2, -0.15) is 0 Å². The summed E-state index contributed by atoms with van der Waals surface area (Å²) in [6.45, 7) is 13.6. The van der Waals surface area contributed by atoms with Crippen LogP contribution in [-0.4, -0.2) is 7.85 Å². The van der Waals surface area contributed by atoms with Gasteiger partial charge in [0.15, 0.2) is 0 Å². The van der Waals surface area contributed by atoms with E-state index in [0.29, 0.717) is 23.1 Å². The summed E-state index contributed by atoms with van der Waals surface area (Å²) in [6.07, 6.45) is 2.36. The summed E-state index contributed by atoms with van der Waals surface area (Å²) in [5.74, 6) is 1.68. The van der Waals surface area contributed by atoms with Crippen LogP contribution < -0.4 is 0 Å². The lowest BCUT2D eigenvalue weighted by Crippen LogP contribution is -2.20. The minimum absolute atomic E-state index is 0.356. The topological polar surface area (TPSA) is 0 Å². The molecule has 0 aliphatic carbocycles. The SMILES string of the molecule is [B]C(CC(C)(C)CC)C(C)C(C)C. The summed E-state index contributed by atoms with van der Waals surface area (Å²) >= 11 is 0. The van der Waals surface area contributed by atoms with Gasteiger partial charge in [0.1, 0.15) is 0 Å². The first-order chi connectivity index (χ1) is 5.80. The molecule has 76 valence electrons. The van der Waals surface area contributed by atoms with Gasteiger partial charge in [-0.05, 0) is 17.3 Å². The van der Waals surface area contributed by atoms with E-state index in [2.05, 4.69) is 41.5 Å². The van der Waals surface area contributed by atoms with Gasteiger partial charge in [-0.15, -0.1) is 0 Å². The van der Waals surface area contributed by atoms with E-state index in [-0.39, 0.29) is 0 Å². The van der Waals surface area contributed by atoms with Crippen molar-refractivity contribution in [2.24, 2.45) is 17.3 Å². The minimum atomic E-state index is 0.356. The highest BCUT2D eigenvalue weighted by Gasteiger charge is 2.23. The molecule has 0 saturated carbocycles. The van der Waals surface area contributed by atoms with Gasteiger partial charge in [-0.1, -0.05) is 60.2 Å². The molecule has 0 rings (SSSR count). The van der Waals surface area contributed by atoms with Crippen molar-refractivity contribution in [2.45, 2.75) is 60.2 Å². The zero-order valence-electron chi connectivity index (χ0n) is 10.2. The Labute approximate surface area is 85.9 Å². The van der Waals surface area contributed by atoms with E-state index >= 15 is 0 Å². The van der Waals surface area contributed by atoms with Crippen LogP contribution in [0.1, 0.15) is 54.4 Å². The molecule has 0 spiro atoms. The molecule has 0 heterocycles. The van der Waals surface area contributed by atoms with Crippen molar-refractivity contribution in [3.05, 3.63) is 0 Å². The van der Waals surface area contributed by atoms with Crippen molar-refractivity contribution < 1.29 is 0 Å². The van der Waals surface area contributed by atoms with Gasteiger partial charge in [-0.25, -0.2) is 0 Å². The van der Waals surface area contributed by atoms with Gasteiger partial charge < -0.3 is 0 Å². The molecular weight excluding hydrogens is 155 g/mol. The second-order valence-electron chi connectivity index (χ2n) is 5.49. The molecule has 0 saturated heterocycles. The Balaban J connectivity index is 4.06. The van der Waals surface area contributed by atoms with E-state index in [9.17, 15) is 0 Å². The van der Waals surface area contributed by atoms with E-state index in [4.69, 9.17) is 7.85 Å². The standard InChI is InChI=1S/C12H25B/c1-7-12(5,6)8-11(13)10(4)9(2)3/h9-11H,7-8H2,1-6H3. The predicted octanol–water partition coefficient (Wildman–Crippen LogP) is 4.06. The van der Waals surface area contributed by atoms with Gasteiger partial charge in [-0.3, -0.25) is 0 Å². The molecule has 2 radical (unpaired) electrons. The lowest BCUT2D eigenvalue weighted by Gasteiger charge is -2.32. The molecule has 0 bridgehead atoms. The van der Waals surface area contributed by atoms with Gasteiger partial charge >= 0.3 is 0 Å². The van der Waals surface area contributed by atoms with Gasteiger partial charge in [0.25, 0.3) is 0 Å². The Hall–Kier alpha value is 0.0649. The van der Waals surface area contributed by atoms with E-state index in [1.165, 1.54) is 6.42 Å². The minimum Gasteiger partial charge on any atom is -0.0741 e. The second kappa shape index (κ2) is 5.07. The predicted molar refractivity (Wildman–Crippen MR) is 62.2 cm³/mol. The van der Waals surface area contributed by atoms with Crippen molar-refractivity contribution in [3.63, 3.8) is 0 Å². The largest absolute Gasteiger partial charge is 0.0741 e. The van der Waals surface area contributed by atoms with Crippen LogP contribution in [0, 0.1) is 17.3 Å². The molecule has 0 aromatic rings. The number of rotatable bonds is 5. The van der Waals surface area contributed by atoms with Crippen molar-refractivity contribution in [2.75, 3.05) is 0 Å². The Morgan fingerprint density at radius 3 is 1.92 bits per heavy atom. The van der Waals surface area contributed by atoms with E-state index in [0.717, 1.165) is 6.42 Å². The van der Waals surface area contributed by atoms with Crippen LogP contribution in [0.3, 0.4) is 0 Å². The molecule has 0 amide bonds. The first-order valence-corrected chi connectivity index (χ1v) is 5.55. The molecule has 2 atom stereocenters. The maximum atomic E-state index is 6.18. The number of hydrogen-bond donors (Lipinski definition) is 0.